The minimum Gasteiger partial charge on any atom is -0.383 e. The summed E-state index contributed by atoms with van der Waals surface area (Å²) in [6, 6.07) is 5.51. The van der Waals surface area contributed by atoms with Crippen LogP contribution >= 0.6 is 0 Å². The number of pyridine rings is 1. The van der Waals surface area contributed by atoms with Crippen molar-refractivity contribution >= 4 is 34.2 Å². The molecule has 4 rings (SSSR count). The summed E-state index contributed by atoms with van der Waals surface area (Å²) in [5.74, 6) is -1.60. The van der Waals surface area contributed by atoms with Crippen LogP contribution in [0.3, 0.4) is 0 Å². The SMILES string of the molecule is COC1CCN(C(=O)C(=O)Nc2cnc(N)c3cn[nH]c23)[C@H](c2ccc(F)cc2)C1. The van der Waals surface area contributed by atoms with Crippen LogP contribution in [0.2, 0.25) is 0 Å². The molecule has 1 unspecified atom stereocenters. The van der Waals surface area contributed by atoms with Crippen molar-refractivity contribution in [1.82, 2.24) is 20.1 Å². The molecular formula is C20H21FN6O3. The van der Waals surface area contributed by atoms with Gasteiger partial charge in [0.25, 0.3) is 0 Å². The number of aromatic amines is 1. The Morgan fingerprint density at radius 3 is 2.80 bits per heavy atom. The predicted molar refractivity (Wildman–Crippen MR) is 108 cm³/mol. The van der Waals surface area contributed by atoms with Gasteiger partial charge in [0.1, 0.15) is 11.6 Å². The number of benzene rings is 1. The van der Waals surface area contributed by atoms with E-state index in [0.717, 1.165) is 5.56 Å². The largest absolute Gasteiger partial charge is 0.383 e. The molecule has 4 N–H and O–H groups in total. The lowest BCUT2D eigenvalue weighted by Gasteiger charge is -2.38. The molecule has 1 aromatic carbocycles. The summed E-state index contributed by atoms with van der Waals surface area (Å²) in [5, 5.41) is 9.79. The maximum absolute atomic E-state index is 13.4. The molecule has 1 aliphatic rings. The van der Waals surface area contributed by atoms with E-state index in [1.807, 2.05) is 0 Å². The molecule has 156 valence electrons. The van der Waals surface area contributed by atoms with Gasteiger partial charge >= 0.3 is 11.8 Å². The number of hydrogen-bond acceptors (Lipinski definition) is 6. The number of H-pyrrole nitrogens is 1. The zero-order valence-corrected chi connectivity index (χ0v) is 16.3. The second-order valence-corrected chi connectivity index (χ2v) is 7.12. The molecule has 30 heavy (non-hydrogen) atoms. The smallest absolute Gasteiger partial charge is 0.314 e. The molecule has 10 heteroatoms. The Hall–Kier alpha value is -3.53. The number of nitrogen functional groups attached to an aromatic ring is 1. The number of piperidine rings is 1. The molecule has 0 aliphatic carbocycles. The number of hydrogen-bond donors (Lipinski definition) is 3. The number of ether oxygens (including phenoxy) is 1. The third kappa shape index (κ3) is 3.69. The predicted octanol–water partition coefficient (Wildman–Crippen LogP) is 2.00. The fourth-order valence-electron chi connectivity index (χ4n) is 3.75. The second-order valence-electron chi connectivity index (χ2n) is 7.12. The highest BCUT2D eigenvalue weighted by molar-refractivity contribution is 6.40. The fraction of sp³-hybridized carbons (Fsp3) is 0.300. The molecule has 0 saturated carbocycles. The van der Waals surface area contributed by atoms with Crippen LogP contribution in [0, 0.1) is 5.82 Å². The summed E-state index contributed by atoms with van der Waals surface area (Å²) in [6.45, 7) is 0.340. The summed E-state index contributed by atoms with van der Waals surface area (Å²) in [4.78, 5) is 31.3. The quantitative estimate of drug-likeness (QED) is 0.565. The van der Waals surface area contributed by atoms with E-state index in [9.17, 15) is 14.0 Å². The first kappa shape index (κ1) is 19.8. The van der Waals surface area contributed by atoms with Gasteiger partial charge in [-0.3, -0.25) is 14.7 Å². The van der Waals surface area contributed by atoms with Crippen molar-refractivity contribution in [2.24, 2.45) is 0 Å². The number of methoxy groups -OCH3 is 1. The summed E-state index contributed by atoms with van der Waals surface area (Å²) in [5.41, 5.74) is 7.33. The molecule has 1 aliphatic heterocycles. The highest BCUT2D eigenvalue weighted by Gasteiger charge is 2.35. The van der Waals surface area contributed by atoms with Crippen molar-refractivity contribution in [2.45, 2.75) is 25.0 Å². The lowest BCUT2D eigenvalue weighted by atomic mass is 9.93. The van der Waals surface area contributed by atoms with Crippen LogP contribution in [-0.2, 0) is 14.3 Å². The maximum atomic E-state index is 13.4. The number of nitrogens with zero attached hydrogens (tertiary/aromatic N) is 3. The first-order valence-electron chi connectivity index (χ1n) is 9.45. The molecule has 0 bridgehead atoms. The number of anilines is 2. The molecule has 3 heterocycles. The summed E-state index contributed by atoms with van der Waals surface area (Å²) >= 11 is 0. The van der Waals surface area contributed by atoms with E-state index < -0.39 is 17.9 Å². The summed E-state index contributed by atoms with van der Waals surface area (Å²) in [6.07, 6.45) is 3.92. The van der Waals surface area contributed by atoms with E-state index >= 15 is 0 Å². The van der Waals surface area contributed by atoms with Crippen LogP contribution in [0.5, 0.6) is 0 Å². The topological polar surface area (TPSA) is 126 Å². The number of fused-ring (bicyclic) bond motifs is 1. The molecule has 2 aromatic heterocycles. The van der Waals surface area contributed by atoms with Gasteiger partial charge in [-0.15, -0.1) is 0 Å². The minimum absolute atomic E-state index is 0.0573. The molecule has 2 atom stereocenters. The number of nitrogens with two attached hydrogens (primary N) is 1. The number of halogens is 1. The van der Waals surface area contributed by atoms with Crippen molar-refractivity contribution in [3.05, 3.63) is 48.0 Å². The van der Waals surface area contributed by atoms with Gasteiger partial charge in [0.2, 0.25) is 0 Å². The number of amides is 2. The zero-order valence-electron chi connectivity index (χ0n) is 16.3. The Balaban J connectivity index is 1.57. The summed E-state index contributed by atoms with van der Waals surface area (Å²) < 4.78 is 18.8. The Morgan fingerprint density at radius 2 is 2.07 bits per heavy atom. The highest BCUT2D eigenvalue weighted by Crippen LogP contribution is 2.33. The van der Waals surface area contributed by atoms with Crippen LogP contribution in [0.4, 0.5) is 15.9 Å². The van der Waals surface area contributed by atoms with Gasteiger partial charge in [-0.1, -0.05) is 12.1 Å². The number of aromatic nitrogens is 3. The lowest BCUT2D eigenvalue weighted by molar-refractivity contribution is -0.147. The van der Waals surface area contributed by atoms with E-state index in [0.29, 0.717) is 36.0 Å². The average molecular weight is 412 g/mol. The van der Waals surface area contributed by atoms with Gasteiger partial charge in [0.15, 0.2) is 0 Å². The molecule has 0 radical (unpaired) electrons. The van der Waals surface area contributed by atoms with Crippen molar-refractivity contribution in [2.75, 3.05) is 24.7 Å². The van der Waals surface area contributed by atoms with E-state index in [2.05, 4.69) is 20.5 Å². The Labute approximate surface area is 171 Å². The van der Waals surface area contributed by atoms with Gasteiger partial charge < -0.3 is 20.7 Å². The Morgan fingerprint density at radius 1 is 1.30 bits per heavy atom. The highest BCUT2D eigenvalue weighted by atomic mass is 19.1. The van der Waals surface area contributed by atoms with Gasteiger partial charge in [-0.05, 0) is 30.5 Å². The average Bonchev–Trinajstić information content (AvgIpc) is 3.26. The summed E-state index contributed by atoms with van der Waals surface area (Å²) in [7, 11) is 1.61. The van der Waals surface area contributed by atoms with Crippen LogP contribution in [0.15, 0.2) is 36.7 Å². The maximum Gasteiger partial charge on any atom is 0.314 e. The van der Waals surface area contributed by atoms with Crippen molar-refractivity contribution in [1.29, 1.82) is 0 Å². The van der Waals surface area contributed by atoms with Crippen LogP contribution < -0.4 is 11.1 Å². The number of nitrogens with one attached hydrogen (secondary N) is 2. The second kappa shape index (κ2) is 8.07. The molecule has 3 aromatic rings. The minimum atomic E-state index is -0.805. The molecular weight excluding hydrogens is 391 g/mol. The van der Waals surface area contributed by atoms with Crippen LogP contribution in [0.1, 0.15) is 24.4 Å². The molecule has 9 nitrogen and oxygen atoms in total. The van der Waals surface area contributed by atoms with Crippen molar-refractivity contribution in [3.8, 4) is 0 Å². The molecule has 2 amide bonds. The lowest BCUT2D eigenvalue weighted by Crippen LogP contribution is -2.47. The molecule has 1 saturated heterocycles. The van der Waals surface area contributed by atoms with Gasteiger partial charge in [0, 0.05) is 13.7 Å². The first-order chi connectivity index (χ1) is 14.5. The first-order valence-corrected chi connectivity index (χ1v) is 9.45. The van der Waals surface area contributed by atoms with Gasteiger partial charge in [-0.25, -0.2) is 9.37 Å². The standard InChI is InChI=1S/C20H21FN6O3/c1-30-13-6-7-27(16(8-13)11-2-4-12(21)5-3-11)20(29)19(28)25-15-10-23-18(22)14-9-24-26-17(14)15/h2-5,9-10,13,16H,6-8H2,1H3,(H2,22,23)(H,24,26)(H,25,28)/t13?,16-/m0/s1. The fourth-order valence-corrected chi connectivity index (χ4v) is 3.75. The Bertz CT molecular complexity index is 1080. The number of likely N-dealkylation sites (tertiary alicyclic amines) is 1. The monoisotopic (exact) mass is 412 g/mol. The molecule has 0 spiro atoms. The van der Waals surface area contributed by atoms with Gasteiger partial charge in [-0.2, -0.15) is 5.10 Å². The normalized spacial score (nSPS) is 19.1. The third-order valence-corrected chi connectivity index (χ3v) is 5.36. The van der Waals surface area contributed by atoms with Crippen LogP contribution in [0.25, 0.3) is 10.9 Å². The number of carbonyl (C=O) groups excluding carboxylic acids is 2. The van der Waals surface area contributed by atoms with Gasteiger partial charge in [0.05, 0.1) is 41.1 Å². The number of carbonyl (C=O) groups is 2. The van der Waals surface area contributed by atoms with Crippen LogP contribution in [-0.4, -0.2) is 51.7 Å². The van der Waals surface area contributed by atoms with E-state index in [1.165, 1.54) is 29.4 Å². The zero-order chi connectivity index (χ0) is 21.3. The Kier molecular flexibility index (Phi) is 5.32. The van der Waals surface area contributed by atoms with Crippen molar-refractivity contribution in [3.63, 3.8) is 0 Å². The van der Waals surface area contributed by atoms with E-state index in [4.69, 9.17) is 10.5 Å². The number of rotatable bonds is 3. The van der Waals surface area contributed by atoms with E-state index in [-0.39, 0.29) is 17.7 Å². The third-order valence-electron chi connectivity index (χ3n) is 5.36. The van der Waals surface area contributed by atoms with Crippen molar-refractivity contribution < 1.29 is 18.7 Å². The van der Waals surface area contributed by atoms with E-state index in [1.54, 1.807) is 19.2 Å². The molecule has 1 fully saturated rings.